The van der Waals surface area contributed by atoms with Crippen LogP contribution >= 0.6 is 11.3 Å². The maximum atomic E-state index is 9.97. The van der Waals surface area contributed by atoms with Crippen LogP contribution in [0.25, 0.3) is 10.2 Å². The highest BCUT2D eigenvalue weighted by Gasteiger charge is 2.24. The Kier molecular flexibility index (Phi) is 4.49. The number of fused-ring (bicyclic) bond motifs is 1. The van der Waals surface area contributed by atoms with E-state index in [0.717, 1.165) is 36.4 Å². The Hall–Kier alpha value is -2.27. The van der Waals surface area contributed by atoms with Crippen molar-refractivity contribution in [3.63, 3.8) is 0 Å². The highest BCUT2D eigenvalue weighted by atomic mass is 32.1. The topological polar surface area (TPSA) is 45.6 Å². The van der Waals surface area contributed by atoms with Gasteiger partial charge < -0.3 is 14.7 Å². The van der Waals surface area contributed by atoms with Gasteiger partial charge in [-0.05, 0) is 44.0 Å². The average Bonchev–Trinajstić information content (AvgIpc) is 3.10. The van der Waals surface area contributed by atoms with Gasteiger partial charge >= 0.3 is 0 Å². The van der Waals surface area contributed by atoms with Crippen LogP contribution in [-0.2, 0) is 0 Å². The molecule has 4 nitrogen and oxygen atoms in total. The van der Waals surface area contributed by atoms with Crippen LogP contribution in [0.4, 0.5) is 5.69 Å². The van der Waals surface area contributed by atoms with Crippen molar-refractivity contribution in [2.24, 2.45) is 0 Å². The molecular formula is C21H24N2O2S. The number of thiazole rings is 1. The number of piperidine rings is 1. The first-order valence-electron chi connectivity index (χ1n) is 9.07. The first-order valence-corrected chi connectivity index (χ1v) is 9.95. The van der Waals surface area contributed by atoms with Gasteiger partial charge in [-0.25, -0.2) is 4.98 Å². The molecule has 1 N–H and O–H groups in total. The third kappa shape index (κ3) is 3.12. The van der Waals surface area contributed by atoms with Gasteiger partial charge in [0.1, 0.15) is 23.1 Å². The van der Waals surface area contributed by atoms with E-state index in [-0.39, 0.29) is 11.9 Å². The lowest BCUT2D eigenvalue weighted by Gasteiger charge is -2.34. The zero-order valence-corrected chi connectivity index (χ0v) is 16.3. The summed E-state index contributed by atoms with van der Waals surface area (Å²) in [5.41, 5.74) is 7.39. The Morgan fingerprint density at radius 3 is 2.50 bits per heavy atom. The molecule has 2 heterocycles. The molecule has 0 radical (unpaired) electrons. The number of aromatic hydroxyl groups is 1. The molecule has 3 aromatic rings. The van der Waals surface area contributed by atoms with Crippen LogP contribution in [0, 0.1) is 20.8 Å². The van der Waals surface area contributed by atoms with Crippen LogP contribution in [0.15, 0.2) is 29.8 Å². The minimum Gasteiger partial charge on any atom is -0.506 e. The number of benzene rings is 2. The molecule has 0 unspecified atom stereocenters. The second-order valence-electron chi connectivity index (χ2n) is 7.17. The first kappa shape index (κ1) is 17.2. The number of phenolic OH excluding ortho intramolecular Hbond substituents is 1. The second-order valence-corrected chi connectivity index (χ2v) is 8.02. The quantitative estimate of drug-likeness (QED) is 0.708. The number of ether oxygens (including phenoxy) is 1. The number of aromatic nitrogens is 1. The molecule has 1 aliphatic rings. The van der Waals surface area contributed by atoms with E-state index in [1.807, 2.05) is 6.07 Å². The lowest BCUT2D eigenvalue weighted by molar-refractivity contribution is 0.169. The molecule has 0 atom stereocenters. The molecule has 0 aliphatic carbocycles. The molecular weight excluding hydrogens is 344 g/mol. The zero-order chi connectivity index (χ0) is 18.3. The van der Waals surface area contributed by atoms with Crippen molar-refractivity contribution >= 4 is 27.2 Å². The summed E-state index contributed by atoms with van der Waals surface area (Å²) in [4.78, 5) is 6.67. The van der Waals surface area contributed by atoms with Crippen molar-refractivity contribution in [3.8, 4) is 11.5 Å². The fourth-order valence-electron chi connectivity index (χ4n) is 3.91. The fraction of sp³-hybridized carbons (Fsp3) is 0.381. The standard InChI is InChI=1S/C21H24N2O2S/c1-13-10-14(2)20(15(3)11-13)25-16-6-8-23(9-7-16)17-4-5-18(24)19-21(17)26-12-22-19/h4-5,10-12,16,24H,6-9H2,1-3H3. The summed E-state index contributed by atoms with van der Waals surface area (Å²) >= 11 is 1.59. The number of hydrogen-bond donors (Lipinski definition) is 1. The smallest absolute Gasteiger partial charge is 0.142 e. The Morgan fingerprint density at radius 1 is 1.12 bits per heavy atom. The first-order chi connectivity index (χ1) is 12.5. The van der Waals surface area contributed by atoms with Crippen LogP contribution in [0.5, 0.6) is 11.5 Å². The summed E-state index contributed by atoms with van der Waals surface area (Å²) in [7, 11) is 0. The molecule has 0 amide bonds. The molecule has 0 saturated carbocycles. The van der Waals surface area contributed by atoms with Crippen LogP contribution in [0.1, 0.15) is 29.5 Å². The van der Waals surface area contributed by atoms with Gasteiger partial charge in [0.2, 0.25) is 0 Å². The third-order valence-electron chi connectivity index (χ3n) is 5.11. The van der Waals surface area contributed by atoms with E-state index in [1.54, 1.807) is 22.9 Å². The Labute approximate surface area is 158 Å². The highest BCUT2D eigenvalue weighted by Crippen LogP contribution is 2.36. The van der Waals surface area contributed by atoms with Crippen molar-refractivity contribution < 1.29 is 9.84 Å². The van der Waals surface area contributed by atoms with Crippen molar-refractivity contribution in [1.29, 1.82) is 0 Å². The fourth-order valence-corrected chi connectivity index (χ4v) is 4.76. The zero-order valence-electron chi connectivity index (χ0n) is 15.5. The van der Waals surface area contributed by atoms with E-state index in [0.29, 0.717) is 5.52 Å². The Morgan fingerprint density at radius 2 is 1.81 bits per heavy atom. The van der Waals surface area contributed by atoms with Crippen LogP contribution < -0.4 is 9.64 Å². The van der Waals surface area contributed by atoms with E-state index < -0.39 is 0 Å². The van der Waals surface area contributed by atoms with E-state index in [1.165, 1.54) is 22.4 Å². The van der Waals surface area contributed by atoms with Crippen molar-refractivity contribution in [3.05, 3.63) is 46.5 Å². The Bertz CT molecular complexity index is 919. The number of nitrogens with zero attached hydrogens (tertiary/aromatic N) is 2. The summed E-state index contributed by atoms with van der Waals surface area (Å²) in [6.07, 6.45) is 2.24. The highest BCUT2D eigenvalue weighted by molar-refractivity contribution is 7.17. The molecule has 5 heteroatoms. The molecule has 0 spiro atoms. The van der Waals surface area contributed by atoms with Gasteiger partial charge in [0.15, 0.2) is 0 Å². The summed E-state index contributed by atoms with van der Waals surface area (Å²) in [6, 6.07) is 8.13. The SMILES string of the molecule is Cc1cc(C)c(OC2CCN(c3ccc(O)c4ncsc34)CC2)c(C)c1. The van der Waals surface area contributed by atoms with Gasteiger partial charge in [-0.1, -0.05) is 17.7 Å². The summed E-state index contributed by atoms with van der Waals surface area (Å²) < 4.78 is 7.44. The van der Waals surface area contributed by atoms with Gasteiger partial charge in [0, 0.05) is 25.9 Å². The van der Waals surface area contributed by atoms with Gasteiger partial charge in [-0.2, -0.15) is 0 Å². The van der Waals surface area contributed by atoms with E-state index in [9.17, 15) is 5.11 Å². The molecule has 136 valence electrons. The maximum absolute atomic E-state index is 9.97. The van der Waals surface area contributed by atoms with E-state index in [4.69, 9.17) is 4.74 Å². The predicted octanol–water partition coefficient (Wildman–Crippen LogP) is 4.97. The third-order valence-corrected chi connectivity index (χ3v) is 5.96. The number of rotatable bonds is 3. The van der Waals surface area contributed by atoms with Crippen LogP contribution in [-0.4, -0.2) is 29.3 Å². The van der Waals surface area contributed by atoms with Crippen LogP contribution in [0.2, 0.25) is 0 Å². The lowest BCUT2D eigenvalue weighted by Crippen LogP contribution is -2.38. The van der Waals surface area contributed by atoms with E-state index >= 15 is 0 Å². The van der Waals surface area contributed by atoms with E-state index in [2.05, 4.69) is 42.8 Å². The van der Waals surface area contributed by atoms with Crippen LogP contribution in [0.3, 0.4) is 0 Å². The number of hydrogen-bond acceptors (Lipinski definition) is 5. The van der Waals surface area contributed by atoms with Crippen molar-refractivity contribution in [1.82, 2.24) is 4.98 Å². The normalized spacial score (nSPS) is 15.6. The summed E-state index contributed by atoms with van der Waals surface area (Å²) in [6.45, 7) is 8.28. The monoisotopic (exact) mass is 368 g/mol. The van der Waals surface area contributed by atoms with Gasteiger partial charge in [0.05, 0.1) is 15.9 Å². The minimum absolute atomic E-state index is 0.250. The molecule has 26 heavy (non-hydrogen) atoms. The number of anilines is 1. The van der Waals surface area contributed by atoms with Gasteiger partial charge in [-0.15, -0.1) is 11.3 Å². The molecule has 2 aromatic carbocycles. The Balaban J connectivity index is 1.48. The second kappa shape index (κ2) is 6.80. The largest absolute Gasteiger partial charge is 0.506 e. The predicted molar refractivity (Wildman–Crippen MR) is 108 cm³/mol. The molecule has 4 rings (SSSR count). The number of phenols is 1. The molecule has 0 bridgehead atoms. The summed E-state index contributed by atoms with van der Waals surface area (Å²) in [5.74, 6) is 1.30. The number of aryl methyl sites for hydroxylation is 3. The van der Waals surface area contributed by atoms with Gasteiger partial charge in [0.25, 0.3) is 0 Å². The molecule has 1 saturated heterocycles. The van der Waals surface area contributed by atoms with Crippen molar-refractivity contribution in [2.45, 2.75) is 39.7 Å². The summed E-state index contributed by atoms with van der Waals surface area (Å²) in [5, 5.41) is 9.97. The molecule has 1 aliphatic heterocycles. The van der Waals surface area contributed by atoms with Gasteiger partial charge in [-0.3, -0.25) is 0 Å². The average molecular weight is 369 g/mol. The molecule has 1 fully saturated rings. The lowest BCUT2D eigenvalue weighted by atomic mass is 10.0. The maximum Gasteiger partial charge on any atom is 0.142 e. The minimum atomic E-state index is 0.250. The van der Waals surface area contributed by atoms with Crippen molar-refractivity contribution in [2.75, 3.05) is 18.0 Å². The molecule has 1 aromatic heterocycles.